The van der Waals surface area contributed by atoms with Crippen LogP contribution in [-0.2, 0) is 4.79 Å². The SMILES string of the molecule is Cc1ccc(NC(=O)c2c(C)nn(-c3ccc(F)cc3F)c2C)cc1NC(=O)C(C)(C)C. The molecule has 0 saturated heterocycles. The van der Waals surface area contributed by atoms with Gasteiger partial charge in [-0.05, 0) is 50.6 Å². The second-order valence-corrected chi connectivity index (χ2v) is 8.74. The van der Waals surface area contributed by atoms with E-state index in [0.717, 1.165) is 17.7 Å². The summed E-state index contributed by atoms with van der Waals surface area (Å²) in [7, 11) is 0. The number of halogens is 2. The predicted molar refractivity (Wildman–Crippen MR) is 120 cm³/mol. The van der Waals surface area contributed by atoms with Crippen LogP contribution in [0.4, 0.5) is 20.2 Å². The fourth-order valence-electron chi connectivity index (χ4n) is 3.20. The van der Waals surface area contributed by atoms with Crippen molar-refractivity contribution < 1.29 is 18.4 Å². The molecule has 0 saturated carbocycles. The quantitative estimate of drug-likeness (QED) is 0.577. The number of hydrogen-bond donors (Lipinski definition) is 2. The van der Waals surface area contributed by atoms with Crippen LogP contribution in [0, 0.1) is 37.8 Å². The summed E-state index contributed by atoms with van der Waals surface area (Å²) in [6, 6.07) is 8.39. The van der Waals surface area contributed by atoms with Gasteiger partial charge in [0, 0.05) is 22.9 Å². The molecule has 0 fully saturated rings. The Morgan fingerprint density at radius 1 is 0.969 bits per heavy atom. The first-order chi connectivity index (χ1) is 14.9. The number of nitrogens with zero attached hydrogens (tertiary/aromatic N) is 2. The standard InChI is InChI=1S/C24H26F2N4O2/c1-13-7-9-17(12-19(13)28-23(32)24(4,5)6)27-22(31)21-14(2)29-30(15(21)3)20-10-8-16(25)11-18(20)26/h7-12H,1-6H3,(H,27,31)(H,28,32). The van der Waals surface area contributed by atoms with Gasteiger partial charge in [-0.3, -0.25) is 9.59 Å². The van der Waals surface area contributed by atoms with Crippen molar-refractivity contribution in [3.63, 3.8) is 0 Å². The average molecular weight is 440 g/mol. The van der Waals surface area contributed by atoms with Gasteiger partial charge in [-0.2, -0.15) is 5.10 Å². The zero-order chi connectivity index (χ0) is 23.8. The smallest absolute Gasteiger partial charge is 0.259 e. The summed E-state index contributed by atoms with van der Waals surface area (Å²) in [4.78, 5) is 25.4. The Labute approximate surface area is 185 Å². The Kier molecular flexibility index (Phi) is 6.16. The summed E-state index contributed by atoms with van der Waals surface area (Å²) in [6.45, 7) is 10.6. The summed E-state index contributed by atoms with van der Waals surface area (Å²) in [6.07, 6.45) is 0. The zero-order valence-electron chi connectivity index (χ0n) is 18.9. The van der Waals surface area contributed by atoms with Crippen LogP contribution < -0.4 is 10.6 Å². The number of amides is 2. The van der Waals surface area contributed by atoms with E-state index in [1.807, 2.05) is 27.7 Å². The van der Waals surface area contributed by atoms with Gasteiger partial charge >= 0.3 is 0 Å². The van der Waals surface area contributed by atoms with Gasteiger partial charge in [0.25, 0.3) is 5.91 Å². The zero-order valence-corrected chi connectivity index (χ0v) is 18.9. The molecule has 0 spiro atoms. The molecule has 0 unspecified atom stereocenters. The molecule has 2 N–H and O–H groups in total. The lowest BCUT2D eigenvalue weighted by Gasteiger charge is -2.19. The Morgan fingerprint density at radius 2 is 1.66 bits per heavy atom. The van der Waals surface area contributed by atoms with E-state index in [2.05, 4.69) is 15.7 Å². The van der Waals surface area contributed by atoms with Gasteiger partial charge in [0.15, 0.2) is 5.82 Å². The average Bonchev–Trinajstić information content (AvgIpc) is 2.97. The Balaban J connectivity index is 1.89. The van der Waals surface area contributed by atoms with Gasteiger partial charge in [-0.1, -0.05) is 26.8 Å². The fourth-order valence-corrected chi connectivity index (χ4v) is 3.20. The van der Waals surface area contributed by atoms with Crippen LogP contribution in [0.25, 0.3) is 5.69 Å². The molecule has 1 heterocycles. The second-order valence-electron chi connectivity index (χ2n) is 8.74. The molecule has 1 aromatic heterocycles. The first-order valence-corrected chi connectivity index (χ1v) is 10.1. The monoisotopic (exact) mass is 440 g/mol. The number of hydrogen-bond acceptors (Lipinski definition) is 3. The molecule has 0 atom stereocenters. The molecular formula is C24H26F2N4O2. The maximum absolute atomic E-state index is 14.2. The highest BCUT2D eigenvalue weighted by molar-refractivity contribution is 6.06. The van der Waals surface area contributed by atoms with Crippen molar-refractivity contribution in [1.29, 1.82) is 0 Å². The van der Waals surface area contributed by atoms with Crippen molar-refractivity contribution in [1.82, 2.24) is 9.78 Å². The van der Waals surface area contributed by atoms with Crippen LogP contribution in [0.3, 0.4) is 0 Å². The summed E-state index contributed by atoms with van der Waals surface area (Å²) >= 11 is 0. The van der Waals surface area contributed by atoms with E-state index >= 15 is 0 Å². The van der Waals surface area contributed by atoms with Crippen molar-refractivity contribution in [2.45, 2.75) is 41.5 Å². The van der Waals surface area contributed by atoms with Crippen LogP contribution >= 0.6 is 0 Å². The highest BCUT2D eigenvalue weighted by Gasteiger charge is 2.23. The number of nitrogens with one attached hydrogen (secondary N) is 2. The van der Waals surface area contributed by atoms with Gasteiger partial charge in [-0.15, -0.1) is 0 Å². The third-order valence-corrected chi connectivity index (χ3v) is 5.08. The summed E-state index contributed by atoms with van der Waals surface area (Å²) in [5, 5.41) is 9.96. The molecule has 8 heteroatoms. The number of aromatic nitrogens is 2. The number of anilines is 2. The number of aryl methyl sites for hydroxylation is 2. The van der Waals surface area contributed by atoms with E-state index < -0.39 is 23.0 Å². The maximum atomic E-state index is 14.2. The molecule has 3 aromatic rings. The second kappa shape index (κ2) is 8.53. The lowest BCUT2D eigenvalue weighted by atomic mass is 9.95. The minimum absolute atomic E-state index is 0.0496. The summed E-state index contributed by atoms with van der Waals surface area (Å²) in [5.41, 5.74) is 2.53. The van der Waals surface area contributed by atoms with E-state index in [4.69, 9.17) is 0 Å². The van der Waals surface area contributed by atoms with Crippen molar-refractivity contribution in [3.8, 4) is 5.69 Å². The fraction of sp³-hybridized carbons (Fsp3) is 0.292. The normalized spacial score (nSPS) is 11.4. The van der Waals surface area contributed by atoms with Crippen molar-refractivity contribution in [3.05, 3.63) is 70.5 Å². The molecule has 0 radical (unpaired) electrons. The highest BCUT2D eigenvalue weighted by Crippen LogP contribution is 2.25. The molecular weight excluding hydrogens is 414 g/mol. The third-order valence-electron chi connectivity index (χ3n) is 5.08. The molecule has 32 heavy (non-hydrogen) atoms. The minimum atomic E-state index is -0.777. The van der Waals surface area contributed by atoms with Gasteiger partial charge in [0.05, 0.1) is 17.0 Å². The first kappa shape index (κ1) is 23.1. The molecule has 3 rings (SSSR count). The largest absolute Gasteiger partial charge is 0.325 e. The summed E-state index contributed by atoms with van der Waals surface area (Å²) < 4.78 is 28.8. The van der Waals surface area contributed by atoms with Crippen LogP contribution in [-0.4, -0.2) is 21.6 Å². The number of benzene rings is 2. The molecule has 0 aliphatic rings. The van der Waals surface area contributed by atoms with Crippen LogP contribution in [0.2, 0.25) is 0 Å². The Morgan fingerprint density at radius 3 is 2.28 bits per heavy atom. The van der Waals surface area contributed by atoms with E-state index in [1.54, 1.807) is 32.0 Å². The van der Waals surface area contributed by atoms with Crippen LogP contribution in [0.15, 0.2) is 36.4 Å². The highest BCUT2D eigenvalue weighted by atomic mass is 19.1. The first-order valence-electron chi connectivity index (χ1n) is 10.1. The summed E-state index contributed by atoms with van der Waals surface area (Å²) in [5.74, 6) is -2.04. The number of carbonyl (C=O) groups excluding carboxylic acids is 2. The topological polar surface area (TPSA) is 76.0 Å². The van der Waals surface area contributed by atoms with E-state index in [9.17, 15) is 18.4 Å². The molecule has 2 aromatic carbocycles. The van der Waals surface area contributed by atoms with Gasteiger partial charge in [0.2, 0.25) is 5.91 Å². The van der Waals surface area contributed by atoms with E-state index in [1.165, 1.54) is 10.7 Å². The third kappa shape index (κ3) is 4.69. The maximum Gasteiger partial charge on any atom is 0.259 e. The molecule has 0 aliphatic heterocycles. The van der Waals surface area contributed by atoms with Gasteiger partial charge in [-0.25, -0.2) is 13.5 Å². The van der Waals surface area contributed by atoms with Crippen LogP contribution in [0.1, 0.15) is 48.1 Å². The van der Waals surface area contributed by atoms with Crippen LogP contribution in [0.5, 0.6) is 0 Å². The van der Waals surface area contributed by atoms with Crippen molar-refractivity contribution >= 4 is 23.2 Å². The minimum Gasteiger partial charge on any atom is -0.325 e. The number of rotatable bonds is 4. The lowest BCUT2D eigenvalue weighted by molar-refractivity contribution is -0.123. The molecule has 2 amide bonds. The van der Waals surface area contributed by atoms with Gasteiger partial charge < -0.3 is 10.6 Å². The Bertz CT molecular complexity index is 1210. The molecule has 168 valence electrons. The number of carbonyl (C=O) groups is 2. The van der Waals surface area contributed by atoms with E-state index in [0.29, 0.717) is 22.8 Å². The Hall–Kier alpha value is -3.55. The van der Waals surface area contributed by atoms with Crippen molar-refractivity contribution in [2.24, 2.45) is 5.41 Å². The van der Waals surface area contributed by atoms with E-state index in [-0.39, 0.29) is 17.2 Å². The molecule has 0 aliphatic carbocycles. The van der Waals surface area contributed by atoms with Crippen molar-refractivity contribution in [2.75, 3.05) is 10.6 Å². The molecule has 6 nitrogen and oxygen atoms in total. The molecule has 0 bridgehead atoms. The lowest BCUT2D eigenvalue weighted by Crippen LogP contribution is -2.28. The van der Waals surface area contributed by atoms with Gasteiger partial charge in [0.1, 0.15) is 11.5 Å². The predicted octanol–water partition coefficient (Wildman–Crippen LogP) is 5.31.